The first kappa shape index (κ1) is 10.7. The van der Waals surface area contributed by atoms with E-state index in [2.05, 4.69) is 13.8 Å². The second kappa shape index (κ2) is 3.79. The van der Waals surface area contributed by atoms with Gasteiger partial charge < -0.3 is 4.74 Å². The van der Waals surface area contributed by atoms with Crippen molar-refractivity contribution in [3.8, 4) is 0 Å². The molecule has 2 heteroatoms. The molecule has 0 N–H and O–H groups in total. The average molecular weight is 184 g/mol. The lowest BCUT2D eigenvalue weighted by Crippen LogP contribution is -2.38. The second-order valence-electron chi connectivity index (χ2n) is 4.65. The highest BCUT2D eigenvalue weighted by atomic mass is 16.5. The smallest absolute Gasteiger partial charge is 0.136 e. The molecule has 0 aromatic rings. The standard InChI is InChI=1S/C11H20O2/c1-8-5-6-9(7-10(8)12)11(2,3)13-4/h8-9H,5-7H2,1-4H3/t8-,9-/m0/s1. The molecule has 0 aliphatic heterocycles. The van der Waals surface area contributed by atoms with Crippen LogP contribution in [0.3, 0.4) is 0 Å². The molecule has 0 bridgehead atoms. The fraction of sp³-hybridized carbons (Fsp3) is 0.909. The van der Waals surface area contributed by atoms with Crippen molar-refractivity contribution in [2.24, 2.45) is 11.8 Å². The number of ketones is 1. The molecule has 2 atom stereocenters. The van der Waals surface area contributed by atoms with E-state index in [0.29, 0.717) is 18.1 Å². The normalized spacial score (nSPS) is 30.6. The lowest BCUT2D eigenvalue weighted by atomic mass is 9.74. The molecule has 13 heavy (non-hydrogen) atoms. The van der Waals surface area contributed by atoms with Crippen LogP contribution in [0.15, 0.2) is 0 Å². The van der Waals surface area contributed by atoms with Crippen LogP contribution in [0.25, 0.3) is 0 Å². The van der Waals surface area contributed by atoms with Crippen LogP contribution in [-0.2, 0) is 9.53 Å². The summed E-state index contributed by atoms with van der Waals surface area (Å²) in [4.78, 5) is 11.5. The van der Waals surface area contributed by atoms with Crippen LogP contribution in [0.4, 0.5) is 0 Å². The Labute approximate surface area is 80.7 Å². The maximum Gasteiger partial charge on any atom is 0.136 e. The lowest BCUT2D eigenvalue weighted by Gasteiger charge is -2.36. The van der Waals surface area contributed by atoms with Crippen molar-refractivity contribution in [2.75, 3.05) is 7.11 Å². The number of Topliss-reactive ketones (excluding diaryl/α,β-unsaturated/α-hetero) is 1. The Morgan fingerprint density at radius 1 is 1.38 bits per heavy atom. The molecule has 0 unspecified atom stereocenters. The molecule has 0 radical (unpaired) electrons. The number of rotatable bonds is 2. The zero-order valence-corrected chi connectivity index (χ0v) is 9.09. The van der Waals surface area contributed by atoms with E-state index < -0.39 is 0 Å². The maximum absolute atomic E-state index is 11.5. The number of carbonyl (C=O) groups is 1. The van der Waals surface area contributed by atoms with Crippen LogP contribution in [-0.4, -0.2) is 18.5 Å². The summed E-state index contributed by atoms with van der Waals surface area (Å²) in [6.07, 6.45) is 2.84. The summed E-state index contributed by atoms with van der Waals surface area (Å²) in [5, 5.41) is 0. The highest BCUT2D eigenvalue weighted by Gasteiger charge is 2.35. The summed E-state index contributed by atoms with van der Waals surface area (Å²) in [5.41, 5.74) is -0.143. The van der Waals surface area contributed by atoms with Gasteiger partial charge in [0.05, 0.1) is 5.60 Å². The molecule has 0 spiro atoms. The van der Waals surface area contributed by atoms with Gasteiger partial charge in [-0.2, -0.15) is 0 Å². The molecule has 0 aromatic heterocycles. The van der Waals surface area contributed by atoms with E-state index >= 15 is 0 Å². The molecule has 1 rings (SSSR count). The van der Waals surface area contributed by atoms with Crippen LogP contribution in [0, 0.1) is 11.8 Å². The van der Waals surface area contributed by atoms with Gasteiger partial charge in [0, 0.05) is 19.4 Å². The predicted octanol–water partition coefficient (Wildman–Crippen LogP) is 2.42. The number of carbonyl (C=O) groups excluding carboxylic acids is 1. The van der Waals surface area contributed by atoms with Gasteiger partial charge in [-0.15, -0.1) is 0 Å². The van der Waals surface area contributed by atoms with E-state index in [1.54, 1.807) is 7.11 Å². The third-order valence-corrected chi connectivity index (χ3v) is 3.45. The minimum Gasteiger partial charge on any atom is -0.379 e. The van der Waals surface area contributed by atoms with Crippen molar-refractivity contribution < 1.29 is 9.53 Å². The number of ether oxygens (including phenoxy) is 1. The van der Waals surface area contributed by atoms with Crippen molar-refractivity contribution in [3.05, 3.63) is 0 Å². The third kappa shape index (κ3) is 2.31. The Bertz CT molecular complexity index is 196. The van der Waals surface area contributed by atoms with Crippen molar-refractivity contribution in [1.29, 1.82) is 0 Å². The van der Waals surface area contributed by atoms with Gasteiger partial charge in [0.1, 0.15) is 5.78 Å². The van der Waals surface area contributed by atoms with Crippen molar-refractivity contribution >= 4 is 5.78 Å². The highest BCUT2D eigenvalue weighted by Crippen LogP contribution is 2.34. The van der Waals surface area contributed by atoms with Crippen LogP contribution >= 0.6 is 0 Å². The van der Waals surface area contributed by atoms with Crippen LogP contribution in [0.2, 0.25) is 0 Å². The van der Waals surface area contributed by atoms with E-state index in [4.69, 9.17) is 4.74 Å². The molecule has 1 fully saturated rings. The Morgan fingerprint density at radius 3 is 2.46 bits per heavy atom. The minimum atomic E-state index is -0.143. The lowest BCUT2D eigenvalue weighted by molar-refractivity contribution is -0.130. The molecule has 2 nitrogen and oxygen atoms in total. The van der Waals surface area contributed by atoms with Crippen molar-refractivity contribution in [2.45, 2.75) is 45.6 Å². The summed E-state index contributed by atoms with van der Waals surface area (Å²) in [6, 6.07) is 0. The number of hydrogen-bond acceptors (Lipinski definition) is 2. The molecule has 1 aliphatic rings. The summed E-state index contributed by atoms with van der Waals surface area (Å²) in [7, 11) is 1.72. The van der Waals surface area contributed by atoms with Gasteiger partial charge in [0.25, 0.3) is 0 Å². The maximum atomic E-state index is 11.5. The van der Waals surface area contributed by atoms with Gasteiger partial charge in [0.2, 0.25) is 0 Å². The molecular weight excluding hydrogens is 164 g/mol. The molecule has 0 aromatic carbocycles. The van der Waals surface area contributed by atoms with Gasteiger partial charge in [-0.05, 0) is 32.6 Å². The zero-order valence-electron chi connectivity index (χ0n) is 9.09. The van der Waals surface area contributed by atoms with E-state index in [9.17, 15) is 4.79 Å². The fourth-order valence-corrected chi connectivity index (χ4v) is 1.92. The van der Waals surface area contributed by atoms with E-state index in [-0.39, 0.29) is 11.5 Å². The van der Waals surface area contributed by atoms with Gasteiger partial charge in [-0.25, -0.2) is 0 Å². The first-order valence-electron chi connectivity index (χ1n) is 5.05. The quantitative estimate of drug-likeness (QED) is 0.658. The Hall–Kier alpha value is -0.370. The molecule has 0 amide bonds. The predicted molar refractivity (Wildman–Crippen MR) is 52.6 cm³/mol. The molecule has 1 saturated carbocycles. The SMILES string of the molecule is COC(C)(C)[C@H]1CC[C@H](C)C(=O)C1. The summed E-state index contributed by atoms with van der Waals surface area (Å²) < 4.78 is 5.41. The van der Waals surface area contributed by atoms with Crippen LogP contribution in [0.1, 0.15) is 40.0 Å². The summed E-state index contributed by atoms with van der Waals surface area (Å²) >= 11 is 0. The third-order valence-electron chi connectivity index (χ3n) is 3.45. The molecule has 0 heterocycles. The Kier molecular flexibility index (Phi) is 3.12. The average Bonchev–Trinajstić information content (AvgIpc) is 2.09. The summed E-state index contributed by atoms with van der Waals surface area (Å²) in [6.45, 7) is 6.17. The number of methoxy groups -OCH3 is 1. The molecular formula is C11H20O2. The highest BCUT2D eigenvalue weighted by molar-refractivity contribution is 5.81. The monoisotopic (exact) mass is 184 g/mol. The number of hydrogen-bond donors (Lipinski definition) is 0. The Morgan fingerprint density at radius 2 is 2.00 bits per heavy atom. The van der Waals surface area contributed by atoms with Crippen LogP contribution in [0.5, 0.6) is 0 Å². The molecule has 0 saturated heterocycles. The topological polar surface area (TPSA) is 26.3 Å². The van der Waals surface area contributed by atoms with Crippen molar-refractivity contribution in [3.63, 3.8) is 0 Å². The van der Waals surface area contributed by atoms with E-state index in [1.807, 2.05) is 6.92 Å². The van der Waals surface area contributed by atoms with Gasteiger partial charge in [-0.1, -0.05) is 6.92 Å². The molecule has 1 aliphatic carbocycles. The zero-order chi connectivity index (χ0) is 10.1. The van der Waals surface area contributed by atoms with Crippen molar-refractivity contribution in [1.82, 2.24) is 0 Å². The van der Waals surface area contributed by atoms with E-state index in [1.165, 1.54) is 0 Å². The first-order valence-corrected chi connectivity index (χ1v) is 5.05. The minimum absolute atomic E-state index is 0.143. The van der Waals surface area contributed by atoms with Gasteiger partial charge >= 0.3 is 0 Å². The largest absolute Gasteiger partial charge is 0.379 e. The summed E-state index contributed by atoms with van der Waals surface area (Å²) in [5.74, 6) is 1.08. The second-order valence-corrected chi connectivity index (χ2v) is 4.65. The fourth-order valence-electron chi connectivity index (χ4n) is 1.92. The molecule has 76 valence electrons. The van der Waals surface area contributed by atoms with Crippen LogP contribution < -0.4 is 0 Å². The first-order chi connectivity index (χ1) is 5.97. The van der Waals surface area contributed by atoms with Gasteiger partial charge in [0.15, 0.2) is 0 Å². The van der Waals surface area contributed by atoms with E-state index in [0.717, 1.165) is 12.8 Å². The van der Waals surface area contributed by atoms with Gasteiger partial charge in [-0.3, -0.25) is 4.79 Å². The Balaban J connectivity index is 2.60.